The highest BCUT2D eigenvalue weighted by Crippen LogP contribution is 2.34. The van der Waals surface area contributed by atoms with E-state index in [9.17, 15) is 5.26 Å². The highest BCUT2D eigenvalue weighted by Gasteiger charge is 2.35. The maximum atomic E-state index is 9.52. The van der Waals surface area contributed by atoms with Crippen molar-refractivity contribution in [3.8, 4) is 6.07 Å². The van der Waals surface area contributed by atoms with Crippen molar-refractivity contribution in [3.63, 3.8) is 0 Å². The van der Waals surface area contributed by atoms with Crippen LogP contribution in [0, 0.1) is 11.3 Å². The Balaban J connectivity index is 0.00000162. The number of halogens is 2. The zero-order valence-electron chi connectivity index (χ0n) is 10.3. The molecule has 0 amide bonds. The van der Waals surface area contributed by atoms with Crippen LogP contribution in [0.15, 0.2) is 30.3 Å². The summed E-state index contributed by atoms with van der Waals surface area (Å²) in [7, 11) is 0. The van der Waals surface area contributed by atoms with Gasteiger partial charge in [-0.05, 0) is 18.4 Å². The molecule has 2 rings (SSSR count). The summed E-state index contributed by atoms with van der Waals surface area (Å²) in [5.41, 5.74) is 0.873. The third kappa shape index (κ3) is 3.17. The van der Waals surface area contributed by atoms with Crippen LogP contribution >= 0.6 is 24.0 Å². The summed E-state index contributed by atoms with van der Waals surface area (Å²) in [5, 5.41) is 9.52. The number of piperidine rings is 1. The number of likely N-dealkylation sites (tertiary alicyclic amines) is 1. The van der Waals surface area contributed by atoms with E-state index in [1.165, 1.54) is 0 Å². The monoisotopic (exact) mass is 284 g/mol. The minimum absolute atomic E-state index is 0. The molecule has 4 heteroatoms. The van der Waals surface area contributed by atoms with E-state index in [1.54, 1.807) is 0 Å². The molecule has 0 atom stereocenters. The number of nitrogens with zero attached hydrogens (tertiary/aromatic N) is 2. The summed E-state index contributed by atoms with van der Waals surface area (Å²) in [4.78, 5) is 2.34. The molecule has 0 saturated carbocycles. The molecule has 1 aliphatic heterocycles. The lowest BCUT2D eigenvalue weighted by molar-refractivity contribution is 0.195. The van der Waals surface area contributed by atoms with Gasteiger partial charge in [0, 0.05) is 25.5 Å². The topological polar surface area (TPSA) is 27.0 Å². The lowest BCUT2D eigenvalue weighted by Gasteiger charge is -2.37. The maximum Gasteiger partial charge on any atom is 0.0846 e. The molecule has 0 aliphatic carbocycles. The van der Waals surface area contributed by atoms with Gasteiger partial charge in [-0.15, -0.1) is 24.0 Å². The van der Waals surface area contributed by atoms with E-state index < -0.39 is 0 Å². The number of nitriles is 1. The first-order valence-corrected chi connectivity index (χ1v) is 6.59. The van der Waals surface area contributed by atoms with Gasteiger partial charge in [-0.25, -0.2) is 0 Å². The van der Waals surface area contributed by atoms with Gasteiger partial charge in [-0.3, -0.25) is 0 Å². The highest BCUT2D eigenvalue weighted by molar-refractivity contribution is 6.18. The van der Waals surface area contributed by atoms with Crippen LogP contribution in [0.4, 0.5) is 0 Å². The average Bonchev–Trinajstić information content (AvgIpc) is 2.41. The van der Waals surface area contributed by atoms with Gasteiger partial charge < -0.3 is 4.90 Å². The summed E-state index contributed by atoms with van der Waals surface area (Å²) in [6.07, 6.45) is 1.81. The fourth-order valence-electron chi connectivity index (χ4n) is 2.50. The van der Waals surface area contributed by atoms with Crippen LogP contribution in [0.1, 0.15) is 18.4 Å². The Kier molecular flexibility index (Phi) is 5.95. The summed E-state index contributed by atoms with van der Waals surface area (Å²) >= 11 is 5.75. The summed E-state index contributed by atoms with van der Waals surface area (Å²) in [5.74, 6) is 0.672. The van der Waals surface area contributed by atoms with E-state index in [0.717, 1.165) is 38.0 Å². The number of alkyl halides is 1. The molecule has 1 aliphatic rings. The normalized spacial score (nSPS) is 18.7. The van der Waals surface area contributed by atoms with Crippen molar-refractivity contribution >= 4 is 24.0 Å². The van der Waals surface area contributed by atoms with E-state index in [1.807, 2.05) is 18.2 Å². The van der Waals surface area contributed by atoms with Crippen molar-refractivity contribution in [3.05, 3.63) is 35.9 Å². The second-order valence-corrected chi connectivity index (χ2v) is 4.97. The number of hydrogen-bond acceptors (Lipinski definition) is 2. The number of hydrogen-bond donors (Lipinski definition) is 0. The fraction of sp³-hybridized carbons (Fsp3) is 0.500. The van der Waals surface area contributed by atoms with Gasteiger partial charge >= 0.3 is 0 Å². The molecule has 0 aromatic heterocycles. The van der Waals surface area contributed by atoms with Crippen molar-refractivity contribution in [1.29, 1.82) is 5.26 Å². The van der Waals surface area contributed by atoms with Gasteiger partial charge in [0.2, 0.25) is 0 Å². The van der Waals surface area contributed by atoms with E-state index >= 15 is 0 Å². The molecule has 0 radical (unpaired) electrons. The summed E-state index contributed by atoms with van der Waals surface area (Å²) < 4.78 is 0. The second kappa shape index (κ2) is 6.99. The molecule has 1 saturated heterocycles. The van der Waals surface area contributed by atoms with Crippen molar-refractivity contribution in [1.82, 2.24) is 4.90 Å². The van der Waals surface area contributed by atoms with Gasteiger partial charge in [0.15, 0.2) is 0 Å². The predicted molar refractivity (Wildman–Crippen MR) is 77.4 cm³/mol. The second-order valence-electron chi connectivity index (χ2n) is 4.59. The minimum Gasteiger partial charge on any atom is -0.302 e. The predicted octanol–water partition coefficient (Wildman–Crippen LogP) is 3.20. The molecule has 1 heterocycles. The van der Waals surface area contributed by atoms with Gasteiger partial charge in [-0.2, -0.15) is 5.26 Å². The SMILES string of the molecule is Cl.N#CC1(c2ccccc2)CCN(CCCl)CC1. The van der Waals surface area contributed by atoms with Crippen LogP contribution in [0.25, 0.3) is 0 Å². The number of benzene rings is 1. The van der Waals surface area contributed by atoms with E-state index in [-0.39, 0.29) is 17.8 Å². The molecule has 0 unspecified atom stereocenters. The van der Waals surface area contributed by atoms with E-state index in [4.69, 9.17) is 11.6 Å². The lowest BCUT2D eigenvalue weighted by Crippen LogP contribution is -2.42. The third-order valence-corrected chi connectivity index (χ3v) is 3.82. The van der Waals surface area contributed by atoms with Crippen LogP contribution in [0.2, 0.25) is 0 Å². The van der Waals surface area contributed by atoms with Crippen molar-refractivity contribution in [2.75, 3.05) is 25.5 Å². The molecule has 0 bridgehead atoms. The third-order valence-electron chi connectivity index (χ3n) is 3.65. The molecule has 0 spiro atoms. The summed E-state index contributed by atoms with van der Waals surface area (Å²) in [6.45, 7) is 2.86. The first-order chi connectivity index (χ1) is 8.30. The molecular formula is C14H18Cl2N2. The molecular weight excluding hydrogens is 267 g/mol. The van der Waals surface area contributed by atoms with Crippen molar-refractivity contribution < 1.29 is 0 Å². The molecule has 0 N–H and O–H groups in total. The van der Waals surface area contributed by atoms with Gasteiger partial charge in [0.1, 0.15) is 0 Å². The van der Waals surface area contributed by atoms with Crippen LogP contribution in [0.3, 0.4) is 0 Å². The smallest absolute Gasteiger partial charge is 0.0846 e. The van der Waals surface area contributed by atoms with E-state index in [2.05, 4.69) is 23.1 Å². The van der Waals surface area contributed by atoms with Crippen molar-refractivity contribution in [2.24, 2.45) is 0 Å². The molecule has 98 valence electrons. The molecule has 2 nitrogen and oxygen atoms in total. The Labute approximate surface area is 120 Å². The van der Waals surface area contributed by atoms with Crippen LogP contribution in [-0.4, -0.2) is 30.4 Å². The minimum atomic E-state index is -0.288. The Hall–Kier alpha value is -0.750. The Morgan fingerprint density at radius 2 is 1.83 bits per heavy atom. The highest BCUT2D eigenvalue weighted by atomic mass is 35.5. The quantitative estimate of drug-likeness (QED) is 0.797. The zero-order valence-corrected chi connectivity index (χ0v) is 11.9. The molecule has 1 fully saturated rings. The number of rotatable bonds is 3. The Morgan fingerprint density at radius 1 is 1.22 bits per heavy atom. The lowest BCUT2D eigenvalue weighted by atomic mass is 9.74. The van der Waals surface area contributed by atoms with Crippen LogP contribution in [0.5, 0.6) is 0 Å². The zero-order chi connectivity index (χ0) is 12.1. The van der Waals surface area contributed by atoms with Crippen LogP contribution < -0.4 is 0 Å². The molecule has 1 aromatic rings. The standard InChI is InChI=1S/C14H17ClN2.ClH/c15-8-11-17-9-6-14(12-16,7-10-17)13-4-2-1-3-5-13;/h1-5H,6-11H2;1H. The van der Waals surface area contributed by atoms with Crippen molar-refractivity contribution in [2.45, 2.75) is 18.3 Å². The largest absolute Gasteiger partial charge is 0.302 e. The maximum absolute atomic E-state index is 9.52. The first-order valence-electron chi connectivity index (χ1n) is 6.06. The fourth-order valence-corrected chi connectivity index (χ4v) is 2.74. The first kappa shape index (κ1) is 15.3. The van der Waals surface area contributed by atoms with Gasteiger partial charge in [-0.1, -0.05) is 30.3 Å². The van der Waals surface area contributed by atoms with Crippen LogP contribution in [-0.2, 0) is 5.41 Å². The summed E-state index contributed by atoms with van der Waals surface area (Å²) in [6, 6.07) is 12.7. The van der Waals surface area contributed by atoms with Gasteiger partial charge in [0.25, 0.3) is 0 Å². The van der Waals surface area contributed by atoms with Gasteiger partial charge in [0.05, 0.1) is 11.5 Å². The molecule has 1 aromatic carbocycles. The Morgan fingerprint density at radius 3 is 2.33 bits per heavy atom. The van der Waals surface area contributed by atoms with E-state index in [0.29, 0.717) is 5.88 Å². The Bertz CT molecular complexity index is 392. The molecule has 18 heavy (non-hydrogen) atoms. The average molecular weight is 285 g/mol.